The number of rotatable bonds is 2. The van der Waals surface area contributed by atoms with Crippen LogP contribution in [0.25, 0.3) is 6.08 Å². The van der Waals surface area contributed by atoms with Crippen molar-refractivity contribution >= 4 is 6.08 Å². The van der Waals surface area contributed by atoms with Gasteiger partial charge in [-0.15, -0.1) is 0 Å². The Morgan fingerprint density at radius 2 is 2.45 bits per heavy atom. The molecule has 0 radical (unpaired) electrons. The van der Waals surface area contributed by atoms with E-state index in [0.29, 0.717) is 17.4 Å². The Balaban J connectivity index is 2.81. The SMILES string of the molecule is CCc1noc(/C=C(\C)N)n1. The van der Waals surface area contributed by atoms with Gasteiger partial charge in [0.1, 0.15) is 0 Å². The van der Waals surface area contributed by atoms with Crippen molar-refractivity contribution in [1.82, 2.24) is 10.1 Å². The third-order valence-electron chi connectivity index (χ3n) is 1.15. The first-order valence-electron chi connectivity index (χ1n) is 3.48. The highest BCUT2D eigenvalue weighted by Crippen LogP contribution is 2.01. The lowest BCUT2D eigenvalue weighted by Crippen LogP contribution is -1.89. The Bertz CT molecular complexity index is 260. The first-order chi connectivity index (χ1) is 5.22. The topological polar surface area (TPSA) is 64.9 Å². The molecule has 0 amide bonds. The molecule has 0 spiro atoms. The molecule has 4 heteroatoms. The third kappa shape index (κ3) is 2.07. The van der Waals surface area contributed by atoms with Gasteiger partial charge in [-0.1, -0.05) is 12.1 Å². The normalized spacial score (nSPS) is 12.0. The summed E-state index contributed by atoms with van der Waals surface area (Å²) in [5.41, 5.74) is 6.07. The van der Waals surface area contributed by atoms with Gasteiger partial charge in [0.15, 0.2) is 5.82 Å². The van der Waals surface area contributed by atoms with Gasteiger partial charge >= 0.3 is 0 Å². The van der Waals surface area contributed by atoms with Crippen LogP contribution < -0.4 is 5.73 Å². The third-order valence-corrected chi connectivity index (χ3v) is 1.15. The molecule has 0 saturated carbocycles. The second-order valence-electron chi connectivity index (χ2n) is 2.29. The van der Waals surface area contributed by atoms with E-state index in [0.717, 1.165) is 6.42 Å². The van der Waals surface area contributed by atoms with Crippen LogP contribution in [-0.2, 0) is 6.42 Å². The van der Waals surface area contributed by atoms with Crippen molar-refractivity contribution in [2.45, 2.75) is 20.3 Å². The molecule has 0 aliphatic heterocycles. The number of aromatic nitrogens is 2. The molecule has 0 fully saturated rings. The molecule has 1 heterocycles. The number of hydrogen-bond acceptors (Lipinski definition) is 4. The molecule has 0 bridgehead atoms. The van der Waals surface area contributed by atoms with Gasteiger partial charge in [0.05, 0.1) is 0 Å². The van der Waals surface area contributed by atoms with E-state index in [4.69, 9.17) is 10.3 Å². The first kappa shape index (κ1) is 7.78. The molecule has 1 aromatic rings. The van der Waals surface area contributed by atoms with Gasteiger partial charge in [-0.3, -0.25) is 0 Å². The quantitative estimate of drug-likeness (QED) is 0.687. The van der Waals surface area contributed by atoms with Crippen LogP contribution in [0.1, 0.15) is 25.6 Å². The number of aryl methyl sites for hydroxylation is 1. The molecule has 0 saturated heterocycles. The second-order valence-corrected chi connectivity index (χ2v) is 2.29. The van der Waals surface area contributed by atoms with E-state index >= 15 is 0 Å². The second kappa shape index (κ2) is 3.18. The lowest BCUT2D eigenvalue weighted by Gasteiger charge is -1.83. The summed E-state index contributed by atoms with van der Waals surface area (Å²) < 4.78 is 4.85. The number of hydrogen-bond donors (Lipinski definition) is 1. The van der Waals surface area contributed by atoms with Crippen LogP contribution in [0.5, 0.6) is 0 Å². The zero-order valence-electron chi connectivity index (χ0n) is 6.66. The molecule has 0 unspecified atom stereocenters. The van der Waals surface area contributed by atoms with E-state index < -0.39 is 0 Å². The molecule has 0 aliphatic rings. The average Bonchev–Trinajstić information content (AvgIpc) is 2.34. The fraction of sp³-hybridized carbons (Fsp3) is 0.429. The molecule has 0 aromatic carbocycles. The van der Waals surface area contributed by atoms with Crippen LogP contribution in [0.3, 0.4) is 0 Å². The maximum atomic E-state index is 5.41. The monoisotopic (exact) mass is 153 g/mol. The van der Waals surface area contributed by atoms with Crippen molar-refractivity contribution in [2.24, 2.45) is 5.73 Å². The maximum absolute atomic E-state index is 5.41. The van der Waals surface area contributed by atoms with Crippen LogP contribution in [0.4, 0.5) is 0 Å². The van der Waals surface area contributed by atoms with Gasteiger partial charge in [-0.2, -0.15) is 4.98 Å². The van der Waals surface area contributed by atoms with Crippen LogP contribution in [0, 0.1) is 0 Å². The molecule has 0 atom stereocenters. The van der Waals surface area contributed by atoms with Crippen LogP contribution in [-0.4, -0.2) is 10.1 Å². The van der Waals surface area contributed by atoms with E-state index in [2.05, 4.69) is 10.1 Å². The smallest absolute Gasteiger partial charge is 0.252 e. The van der Waals surface area contributed by atoms with E-state index in [1.165, 1.54) is 0 Å². The van der Waals surface area contributed by atoms with Crippen LogP contribution >= 0.6 is 0 Å². The fourth-order valence-electron chi connectivity index (χ4n) is 0.664. The summed E-state index contributed by atoms with van der Waals surface area (Å²) in [5, 5.41) is 3.70. The Morgan fingerprint density at radius 3 is 2.91 bits per heavy atom. The average molecular weight is 153 g/mol. The van der Waals surface area contributed by atoms with Gasteiger partial charge in [0.25, 0.3) is 5.89 Å². The highest BCUT2D eigenvalue weighted by atomic mass is 16.5. The Morgan fingerprint density at radius 1 is 1.73 bits per heavy atom. The highest BCUT2D eigenvalue weighted by molar-refractivity contribution is 5.40. The van der Waals surface area contributed by atoms with Crippen molar-refractivity contribution in [2.75, 3.05) is 0 Å². The summed E-state index contributed by atoms with van der Waals surface area (Å²) >= 11 is 0. The van der Waals surface area contributed by atoms with E-state index in [-0.39, 0.29) is 0 Å². The largest absolute Gasteiger partial charge is 0.402 e. The number of allylic oxidation sites excluding steroid dienone is 1. The lowest BCUT2D eigenvalue weighted by molar-refractivity contribution is 0.403. The van der Waals surface area contributed by atoms with Crippen molar-refractivity contribution in [3.63, 3.8) is 0 Å². The molecule has 11 heavy (non-hydrogen) atoms. The van der Waals surface area contributed by atoms with Gasteiger partial charge in [0, 0.05) is 18.2 Å². The Kier molecular flexibility index (Phi) is 2.25. The van der Waals surface area contributed by atoms with Crippen LogP contribution in [0.15, 0.2) is 10.2 Å². The number of nitrogens with two attached hydrogens (primary N) is 1. The molecule has 1 aromatic heterocycles. The molecule has 60 valence electrons. The van der Waals surface area contributed by atoms with Crippen molar-refractivity contribution in [3.8, 4) is 0 Å². The maximum Gasteiger partial charge on any atom is 0.252 e. The predicted molar refractivity (Wildman–Crippen MR) is 41.5 cm³/mol. The predicted octanol–water partition coefficient (Wildman–Crippen LogP) is 0.952. The van der Waals surface area contributed by atoms with Crippen molar-refractivity contribution in [1.29, 1.82) is 0 Å². The number of nitrogens with zero attached hydrogens (tertiary/aromatic N) is 2. The summed E-state index contributed by atoms with van der Waals surface area (Å²) in [5.74, 6) is 1.18. The summed E-state index contributed by atoms with van der Waals surface area (Å²) in [4.78, 5) is 4.03. The van der Waals surface area contributed by atoms with E-state index in [1.54, 1.807) is 13.0 Å². The van der Waals surface area contributed by atoms with Gasteiger partial charge in [-0.25, -0.2) is 0 Å². The Labute approximate surface area is 65.1 Å². The lowest BCUT2D eigenvalue weighted by atomic mass is 10.4. The Hall–Kier alpha value is -1.32. The summed E-state index contributed by atoms with van der Waals surface area (Å²) in [6.07, 6.45) is 2.42. The van der Waals surface area contributed by atoms with E-state index in [1.807, 2.05) is 6.92 Å². The molecule has 4 nitrogen and oxygen atoms in total. The summed E-state index contributed by atoms with van der Waals surface area (Å²) in [7, 11) is 0. The van der Waals surface area contributed by atoms with Gasteiger partial charge < -0.3 is 10.3 Å². The molecule has 1 rings (SSSR count). The van der Waals surface area contributed by atoms with E-state index in [9.17, 15) is 0 Å². The fourth-order valence-corrected chi connectivity index (χ4v) is 0.664. The highest BCUT2D eigenvalue weighted by Gasteiger charge is 1.99. The first-order valence-corrected chi connectivity index (χ1v) is 3.48. The van der Waals surface area contributed by atoms with Gasteiger partial charge in [0.2, 0.25) is 0 Å². The molecular formula is C7H11N3O. The minimum atomic E-state index is 0.474. The molecule has 2 N–H and O–H groups in total. The summed E-state index contributed by atoms with van der Waals surface area (Å²) in [6.45, 7) is 3.74. The zero-order valence-corrected chi connectivity index (χ0v) is 6.66. The van der Waals surface area contributed by atoms with Crippen LogP contribution in [0.2, 0.25) is 0 Å². The minimum absolute atomic E-state index is 0.474. The summed E-state index contributed by atoms with van der Waals surface area (Å²) in [6, 6.07) is 0. The van der Waals surface area contributed by atoms with Gasteiger partial charge in [-0.05, 0) is 6.92 Å². The van der Waals surface area contributed by atoms with Crippen molar-refractivity contribution < 1.29 is 4.52 Å². The standard InChI is InChI=1S/C7H11N3O/c1-3-6-9-7(11-10-6)4-5(2)8/h4H,3,8H2,1-2H3/b5-4+. The van der Waals surface area contributed by atoms with Crippen molar-refractivity contribution in [3.05, 3.63) is 17.4 Å². The molecule has 0 aliphatic carbocycles. The zero-order chi connectivity index (χ0) is 8.27. The minimum Gasteiger partial charge on any atom is -0.402 e. The molecular weight excluding hydrogens is 142 g/mol.